The number of nitrogens with zero attached hydrogens (tertiary/aromatic N) is 3. The first kappa shape index (κ1) is 21.6. The van der Waals surface area contributed by atoms with Gasteiger partial charge in [-0.3, -0.25) is 29.7 Å². The lowest BCUT2D eigenvalue weighted by molar-refractivity contribution is -0.423. The first-order valence-electron chi connectivity index (χ1n) is 8.03. The van der Waals surface area contributed by atoms with E-state index < -0.39 is 49.1 Å². The smallest absolute Gasteiger partial charge is 0.387 e. The molecule has 1 aliphatic heterocycles. The minimum Gasteiger partial charge on any atom is -0.502 e. The van der Waals surface area contributed by atoms with Gasteiger partial charge in [0, 0.05) is 12.1 Å². The van der Waals surface area contributed by atoms with Crippen molar-refractivity contribution in [3.05, 3.63) is 68.3 Å². The lowest BCUT2D eigenvalue weighted by atomic mass is 10.1. The van der Waals surface area contributed by atoms with Crippen LogP contribution in [0.3, 0.4) is 0 Å². The zero-order valence-corrected chi connectivity index (χ0v) is 16.0. The van der Waals surface area contributed by atoms with Crippen LogP contribution in [0.25, 0.3) is 0 Å². The number of hydrogen-bond donors (Lipinski definition) is 2. The van der Waals surface area contributed by atoms with E-state index in [4.69, 9.17) is 5.11 Å². The summed E-state index contributed by atoms with van der Waals surface area (Å²) < 4.78 is 26.8. The predicted molar refractivity (Wildman–Crippen MR) is 102 cm³/mol. The third-order valence-corrected chi connectivity index (χ3v) is 5.28. The topological polar surface area (TPSA) is 173 Å². The normalized spacial score (nSPS) is 14.3. The Labute approximate surface area is 164 Å². The molecule has 0 aliphatic carbocycles. The molecule has 12 nitrogen and oxygen atoms in total. The molecule has 2 N–H and O–H groups in total. The van der Waals surface area contributed by atoms with E-state index >= 15 is 0 Å². The van der Waals surface area contributed by atoms with E-state index in [-0.39, 0.29) is 0 Å². The molecule has 0 saturated heterocycles. The quantitative estimate of drug-likeness (QED) is 0.558. The van der Waals surface area contributed by atoms with Crippen LogP contribution in [0.2, 0.25) is 0 Å². The second kappa shape index (κ2) is 8.10. The van der Waals surface area contributed by atoms with Gasteiger partial charge in [0.1, 0.15) is 0 Å². The number of nitro groups is 2. The van der Waals surface area contributed by atoms with Crippen molar-refractivity contribution < 1.29 is 28.2 Å². The SMILES string of the molecule is CC(C)N1C(=O)c2ccccc2NS1(=O)=O.O=[N+]([O-])c1cccc(O)c1[N+](=O)[O-]. The molecular formula is C16H16N4O8S. The predicted octanol–water partition coefficient (Wildman–Crippen LogP) is 2.42. The lowest BCUT2D eigenvalue weighted by Crippen LogP contribution is -2.48. The molecule has 0 radical (unpaired) electrons. The number of amides is 1. The van der Waals surface area contributed by atoms with Gasteiger partial charge in [0.15, 0.2) is 0 Å². The number of nitro benzene ring substituents is 2. The van der Waals surface area contributed by atoms with E-state index in [1.807, 2.05) is 0 Å². The molecule has 2 aromatic carbocycles. The third-order valence-electron chi connectivity index (χ3n) is 3.70. The number of anilines is 1. The summed E-state index contributed by atoms with van der Waals surface area (Å²) in [6, 6.07) is 9.30. The Hall–Kier alpha value is -3.74. The van der Waals surface area contributed by atoms with Gasteiger partial charge in [0.2, 0.25) is 5.75 Å². The highest BCUT2D eigenvalue weighted by atomic mass is 32.2. The maximum atomic E-state index is 12.0. The van der Waals surface area contributed by atoms with Gasteiger partial charge >= 0.3 is 21.6 Å². The summed E-state index contributed by atoms with van der Waals surface area (Å²) in [5.41, 5.74) is -0.882. The second-order valence-electron chi connectivity index (χ2n) is 6.01. The molecule has 0 spiro atoms. The van der Waals surface area contributed by atoms with E-state index in [9.17, 15) is 33.4 Å². The Morgan fingerprint density at radius 3 is 2.17 bits per heavy atom. The molecule has 0 bridgehead atoms. The number of carbonyl (C=O) groups is 1. The number of para-hydroxylation sites is 2. The van der Waals surface area contributed by atoms with Gasteiger partial charge in [-0.05, 0) is 32.0 Å². The van der Waals surface area contributed by atoms with Crippen molar-refractivity contribution in [3.63, 3.8) is 0 Å². The Kier molecular flexibility index (Phi) is 6.02. The molecule has 0 unspecified atom stereocenters. The Morgan fingerprint density at radius 1 is 1.03 bits per heavy atom. The van der Waals surface area contributed by atoms with E-state index in [2.05, 4.69) is 4.72 Å². The second-order valence-corrected chi connectivity index (χ2v) is 7.55. The number of rotatable bonds is 3. The van der Waals surface area contributed by atoms with Crippen LogP contribution in [0.5, 0.6) is 5.75 Å². The van der Waals surface area contributed by atoms with E-state index in [0.717, 1.165) is 16.4 Å². The molecule has 1 amide bonds. The Balaban J connectivity index is 0.000000212. The monoisotopic (exact) mass is 424 g/mol. The average Bonchev–Trinajstić information content (AvgIpc) is 2.60. The third kappa shape index (κ3) is 4.40. The maximum absolute atomic E-state index is 12.0. The van der Waals surface area contributed by atoms with Gasteiger partial charge in [-0.1, -0.05) is 18.2 Å². The van der Waals surface area contributed by atoms with Gasteiger partial charge in [-0.2, -0.15) is 8.42 Å². The van der Waals surface area contributed by atoms with Crippen LogP contribution >= 0.6 is 0 Å². The van der Waals surface area contributed by atoms with Crippen molar-refractivity contribution in [2.45, 2.75) is 19.9 Å². The largest absolute Gasteiger partial charge is 0.502 e. The Morgan fingerprint density at radius 2 is 1.66 bits per heavy atom. The van der Waals surface area contributed by atoms with Crippen LogP contribution in [0.4, 0.5) is 17.1 Å². The van der Waals surface area contributed by atoms with Gasteiger partial charge in [-0.25, -0.2) is 4.31 Å². The van der Waals surface area contributed by atoms with E-state index in [1.165, 1.54) is 6.07 Å². The van der Waals surface area contributed by atoms with Crippen molar-refractivity contribution in [2.75, 3.05) is 4.72 Å². The van der Waals surface area contributed by atoms with Crippen LogP contribution < -0.4 is 4.72 Å². The molecule has 0 saturated carbocycles. The van der Waals surface area contributed by atoms with Crippen molar-refractivity contribution in [1.29, 1.82) is 0 Å². The van der Waals surface area contributed by atoms with Gasteiger partial charge in [0.25, 0.3) is 5.91 Å². The summed E-state index contributed by atoms with van der Waals surface area (Å²) in [4.78, 5) is 30.6. The molecule has 3 rings (SSSR count). The van der Waals surface area contributed by atoms with E-state index in [0.29, 0.717) is 11.3 Å². The number of aromatic hydroxyl groups is 1. The van der Waals surface area contributed by atoms with Crippen LogP contribution in [0.1, 0.15) is 24.2 Å². The number of fused-ring (bicyclic) bond motifs is 1. The van der Waals surface area contributed by atoms with Gasteiger partial charge in [-0.15, -0.1) is 0 Å². The molecule has 1 aliphatic rings. The number of carbonyl (C=O) groups excluding carboxylic acids is 1. The number of phenols is 1. The summed E-state index contributed by atoms with van der Waals surface area (Å²) in [5.74, 6) is -1.19. The maximum Gasteiger partial charge on any atom is 0.387 e. The molecule has 0 atom stereocenters. The first-order chi connectivity index (χ1) is 13.5. The summed E-state index contributed by atoms with van der Waals surface area (Å²) in [6.45, 7) is 3.32. The molecule has 29 heavy (non-hydrogen) atoms. The van der Waals surface area contributed by atoms with Gasteiger partial charge < -0.3 is 5.11 Å². The van der Waals surface area contributed by atoms with Gasteiger partial charge in [0.05, 0.1) is 21.1 Å². The first-order valence-corrected chi connectivity index (χ1v) is 9.47. The zero-order chi connectivity index (χ0) is 21.9. The van der Waals surface area contributed by atoms with Crippen LogP contribution in [-0.2, 0) is 10.2 Å². The van der Waals surface area contributed by atoms with E-state index in [1.54, 1.807) is 38.1 Å². The number of hydrogen-bond acceptors (Lipinski definition) is 8. The van der Waals surface area contributed by atoms with Crippen molar-refractivity contribution >= 4 is 33.2 Å². The zero-order valence-electron chi connectivity index (χ0n) is 15.2. The molecule has 2 aromatic rings. The minimum atomic E-state index is -3.75. The number of benzene rings is 2. The summed E-state index contributed by atoms with van der Waals surface area (Å²) in [6.07, 6.45) is 0. The van der Waals surface area contributed by atoms with Crippen molar-refractivity contribution in [3.8, 4) is 5.75 Å². The highest BCUT2D eigenvalue weighted by Gasteiger charge is 2.36. The fourth-order valence-corrected chi connectivity index (χ4v) is 3.97. The fourth-order valence-electron chi connectivity index (χ4n) is 2.54. The number of phenolic OH excluding ortho intramolecular Hbond substituents is 1. The molecule has 13 heteroatoms. The number of nitrogens with one attached hydrogen (secondary N) is 1. The standard InChI is InChI=1S/C10H12N2O3S.C6H4N2O5/c1-7(2)12-10(13)8-5-3-4-6-9(8)11-16(12,14)15;9-5-3-1-2-4(7(10)11)6(5)8(12)13/h3-7,11H,1-2H3;1-3,9H. The average molecular weight is 424 g/mol. The molecule has 154 valence electrons. The highest BCUT2D eigenvalue weighted by Crippen LogP contribution is 2.34. The molecule has 1 heterocycles. The highest BCUT2D eigenvalue weighted by molar-refractivity contribution is 7.91. The van der Waals surface area contributed by atoms with Crippen molar-refractivity contribution in [1.82, 2.24) is 4.31 Å². The van der Waals surface area contributed by atoms with Crippen LogP contribution in [0, 0.1) is 20.2 Å². The molecular weight excluding hydrogens is 408 g/mol. The summed E-state index contributed by atoms with van der Waals surface area (Å²) in [7, 11) is -3.75. The summed E-state index contributed by atoms with van der Waals surface area (Å²) >= 11 is 0. The van der Waals surface area contributed by atoms with Crippen molar-refractivity contribution in [2.24, 2.45) is 0 Å². The lowest BCUT2D eigenvalue weighted by Gasteiger charge is -2.31. The van der Waals surface area contributed by atoms with Crippen LogP contribution in [0.15, 0.2) is 42.5 Å². The Bertz CT molecular complexity index is 1080. The minimum absolute atomic E-state index is 0.337. The van der Waals surface area contributed by atoms with Crippen LogP contribution in [-0.4, -0.2) is 39.6 Å². The molecule has 0 aromatic heterocycles. The fraction of sp³-hybridized carbons (Fsp3) is 0.188. The molecule has 0 fully saturated rings. The summed E-state index contributed by atoms with van der Waals surface area (Å²) in [5, 5.41) is 29.5.